The second-order valence-corrected chi connectivity index (χ2v) is 8.54. The van der Waals surface area contributed by atoms with E-state index in [2.05, 4.69) is 20.4 Å². The first-order chi connectivity index (χ1) is 16.5. The fourth-order valence-corrected chi connectivity index (χ4v) is 4.10. The van der Waals surface area contributed by atoms with Crippen molar-refractivity contribution in [1.82, 2.24) is 9.97 Å². The number of halogens is 5. The van der Waals surface area contributed by atoms with Gasteiger partial charge >= 0.3 is 6.18 Å². The molecule has 12 heteroatoms. The normalized spacial score (nSPS) is 17.3. The summed E-state index contributed by atoms with van der Waals surface area (Å²) in [4.78, 5) is 25.4. The highest BCUT2D eigenvalue weighted by Crippen LogP contribution is 2.49. The number of aryl methyl sites for hydroxylation is 1. The van der Waals surface area contributed by atoms with Gasteiger partial charge in [0.25, 0.3) is 11.5 Å². The summed E-state index contributed by atoms with van der Waals surface area (Å²) >= 11 is 11.9. The minimum Gasteiger partial charge on any atom is -0.374 e. The van der Waals surface area contributed by atoms with Gasteiger partial charge in [-0.2, -0.15) is 18.4 Å². The number of benzene rings is 2. The van der Waals surface area contributed by atoms with Gasteiger partial charge in [-0.1, -0.05) is 34.4 Å². The lowest BCUT2D eigenvalue weighted by Crippen LogP contribution is -2.42. The Morgan fingerprint density at radius 1 is 1.14 bits per heavy atom. The fraction of sp³-hybridized carbons (Fsp3) is 0.174. The number of hydrogen-bond donors (Lipinski definition) is 1. The number of carbonyl (C=O) groups excluding carboxylic acids is 1. The Kier molecular flexibility index (Phi) is 6.40. The van der Waals surface area contributed by atoms with Gasteiger partial charge in [0, 0.05) is 27.6 Å². The number of rotatable bonds is 4. The second-order valence-electron chi connectivity index (χ2n) is 7.67. The van der Waals surface area contributed by atoms with Crippen LogP contribution in [0.3, 0.4) is 0 Å². The van der Waals surface area contributed by atoms with Gasteiger partial charge in [0.05, 0.1) is 18.1 Å². The molecule has 7 nitrogen and oxygen atoms in total. The molecule has 4 rings (SSSR count). The van der Waals surface area contributed by atoms with Gasteiger partial charge in [0.1, 0.15) is 6.07 Å². The summed E-state index contributed by atoms with van der Waals surface area (Å²) in [6, 6.07) is 9.91. The smallest absolute Gasteiger partial charge is 0.374 e. The van der Waals surface area contributed by atoms with Gasteiger partial charge in [-0.15, -0.1) is 0 Å². The largest absolute Gasteiger partial charge is 0.435 e. The molecule has 0 bridgehead atoms. The molecular weight excluding hydrogens is 506 g/mol. The van der Waals surface area contributed by atoms with Crippen LogP contribution in [0.1, 0.15) is 39.2 Å². The van der Waals surface area contributed by atoms with Crippen molar-refractivity contribution in [3.8, 4) is 6.07 Å². The highest BCUT2D eigenvalue weighted by molar-refractivity contribution is 6.34. The molecule has 35 heavy (non-hydrogen) atoms. The number of oxime groups is 1. The van der Waals surface area contributed by atoms with Crippen LogP contribution in [0, 0.1) is 18.3 Å². The first-order valence-electron chi connectivity index (χ1n) is 9.95. The molecule has 178 valence electrons. The van der Waals surface area contributed by atoms with Crippen LogP contribution in [0.5, 0.6) is 0 Å². The number of nitriles is 1. The van der Waals surface area contributed by atoms with Gasteiger partial charge in [-0.25, -0.2) is 9.97 Å². The van der Waals surface area contributed by atoms with E-state index >= 15 is 0 Å². The number of nitrogens with one attached hydrogen (secondary N) is 1. The molecule has 1 aliphatic heterocycles. The van der Waals surface area contributed by atoms with Crippen LogP contribution in [0.15, 0.2) is 53.9 Å². The molecule has 0 fully saturated rings. The molecule has 1 aromatic heterocycles. The van der Waals surface area contributed by atoms with Crippen molar-refractivity contribution in [3.05, 3.63) is 86.8 Å². The van der Waals surface area contributed by atoms with E-state index in [0.29, 0.717) is 11.1 Å². The van der Waals surface area contributed by atoms with Gasteiger partial charge in [0.2, 0.25) is 0 Å². The number of nitrogens with zero attached hydrogens (tertiary/aromatic N) is 4. The van der Waals surface area contributed by atoms with Crippen LogP contribution < -0.4 is 5.32 Å². The first-order valence-corrected chi connectivity index (χ1v) is 10.7. The molecule has 1 unspecified atom stereocenters. The summed E-state index contributed by atoms with van der Waals surface area (Å²) in [5, 5.41) is 15.1. The predicted octanol–water partition coefficient (Wildman–Crippen LogP) is 5.80. The molecule has 2 heterocycles. The third-order valence-electron chi connectivity index (χ3n) is 5.33. The molecule has 1 N–H and O–H groups in total. The van der Waals surface area contributed by atoms with E-state index in [1.807, 2.05) is 6.07 Å². The number of amides is 1. The van der Waals surface area contributed by atoms with Crippen molar-refractivity contribution in [2.75, 3.05) is 5.32 Å². The van der Waals surface area contributed by atoms with Gasteiger partial charge in [-0.05, 0) is 48.4 Å². The minimum absolute atomic E-state index is 0.0336. The summed E-state index contributed by atoms with van der Waals surface area (Å²) in [6.45, 7) is 1.63. The molecule has 0 aliphatic carbocycles. The zero-order valence-electron chi connectivity index (χ0n) is 17.8. The predicted molar refractivity (Wildman–Crippen MR) is 122 cm³/mol. The molecule has 1 atom stereocenters. The van der Waals surface area contributed by atoms with Crippen LogP contribution in [0.4, 0.5) is 19.0 Å². The average molecular weight is 520 g/mol. The maximum Gasteiger partial charge on any atom is 0.435 e. The molecule has 1 amide bonds. The van der Waals surface area contributed by atoms with Crippen molar-refractivity contribution >= 4 is 40.6 Å². The van der Waals surface area contributed by atoms with Crippen molar-refractivity contribution < 1.29 is 22.8 Å². The molecule has 0 spiro atoms. The van der Waals surface area contributed by atoms with Crippen molar-refractivity contribution in [2.45, 2.75) is 25.1 Å². The topological polar surface area (TPSA) is 100 Å². The summed E-state index contributed by atoms with van der Waals surface area (Å²) in [7, 11) is 0. The molecular formula is C23H14Cl2F3N5O2. The summed E-state index contributed by atoms with van der Waals surface area (Å²) in [5.74, 6) is -0.364. The zero-order valence-corrected chi connectivity index (χ0v) is 19.3. The van der Waals surface area contributed by atoms with E-state index in [9.17, 15) is 18.0 Å². The Balaban J connectivity index is 1.58. The van der Waals surface area contributed by atoms with Gasteiger partial charge in [0.15, 0.2) is 11.5 Å². The summed E-state index contributed by atoms with van der Waals surface area (Å²) in [5.41, 5.74) is -1.77. The van der Waals surface area contributed by atoms with Crippen LogP contribution in [-0.2, 0) is 10.4 Å². The first kappa shape index (κ1) is 24.4. The van der Waals surface area contributed by atoms with E-state index < -0.39 is 24.1 Å². The molecule has 2 aromatic carbocycles. The number of alkyl halides is 3. The number of aromatic nitrogens is 2. The zero-order chi connectivity index (χ0) is 25.4. The van der Waals surface area contributed by atoms with E-state index in [-0.39, 0.29) is 38.4 Å². The Labute approximate surface area is 207 Å². The lowest BCUT2D eigenvalue weighted by molar-refractivity contribution is -0.275. The third-order valence-corrected chi connectivity index (χ3v) is 5.76. The molecule has 3 aromatic rings. The van der Waals surface area contributed by atoms with Crippen LogP contribution in [0.2, 0.25) is 10.0 Å². The number of hydrogen-bond acceptors (Lipinski definition) is 6. The Morgan fingerprint density at radius 2 is 1.86 bits per heavy atom. The Bertz CT molecular complexity index is 1370. The number of carbonyl (C=O) groups is 1. The maximum absolute atomic E-state index is 14.2. The average Bonchev–Trinajstić information content (AvgIpc) is 3.26. The second kappa shape index (κ2) is 9.17. The SMILES string of the molecule is Cc1cc(C2=NOC(c3cc(Cl)cc(Cl)c3)(C(F)(F)F)C2)ccc1C(=O)Nc1cnc(C#N)cn1. The van der Waals surface area contributed by atoms with E-state index in [4.69, 9.17) is 33.3 Å². The van der Waals surface area contributed by atoms with E-state index in [1.165, 1.54) is 30.6 Å². The monoisotopic (exact) mass is 519 g/mol. The molecule has 1 aliphatic rings. The Morgan fingerprint density at radius 3 is 2.43 bits per heavy atom. The van der Waals surface area contributed by atoms with Crippen LogP contribution in [0.25, 0.3) is 0 Å². The molecule has 0 saturated heterocycles. The Hall–Kier alpha value is -3.68. The van der Waals surface area contributed by atoms with Crippen LogP contribution >= 0.6 is 23.2 Å². The van der Waals surface area contributed by atoms with Crippen molar-refractivity contribution in [3.63, 3.8) is 0 Å². The van der Waals surface area contributed by atoms with Crippen molar-refractivity contribution in [1.29, 1.82) is 5.26 Å². The summed E-state index contributed by atoms with van der Waals surface area (Å²) in [6.07, 6.45) is -2.98. The quantitative estimate of drug-likeness (QED) is 0.469. The minimum atomic E-state index is -4.82. The standard InChI is InChI=1S/C23H14Cl2F3N5O2/c1-12-4-13(2-3-18(12)21(34)32-20-11-30-17(9-29)10-31-20)19-8-22(35-33-19,23(26,27)28)14-5-15(24)7-16(25)6-14/h2-7,10-11H,8H2,1H3,(H,31,32,34). The van der Waals surface area contributed by atoms with E-state index in [0.717, 1.165) is 12.1 Å². The molecule has 0 radical (unpaired) electrons. The van der Waals surface area contributed by atoms with Gasteiger partial charge in [-0.3, -0.25) is 4.79 Å². The third kappa shape index (κ3) is 4.78. The highest BCUT2D eigenvalue weighted by atomic mass is 35.5. The lowest BCUT2D eigenvalue weighted by atomic mass is 9.86. The van der Waals surface area contributed by atoms with E-state index in [1.54, 1.807) is 13.0 Å². The highest BCUT2D eigenvalue weighted by Gasteiger charge is 2.62. The van der Waals surface area contributed by atoms with Gasteiger partial charge < -0.3 is 10.2 Å². The summed E-state index contributed by atoms with van der Waals surface area (Å²) < 4.78 is 42.6. The lowest BCUT2D eigenvalue weighted by Gasteiger charge is -2.29. The fourth-order valence-electron chi connectivity index (χ4n) is 3.58. The molecule has 0 saturated carbocycles. The van der Waals surface area contributed by atoms with Crippen LogP contribution in [-0.4, -0.2) is 27.8 Å². The number of anilines is 1. The van der Waals surface area contributed by atoms with Crippen molar-refractivity contribution in [2.24, 2.45) is 5.16 Å². The maximum atomic E-state index is 14.2.